The maximum absolute atomic E-state index is 11.1. The number of benzene rings is 1. The van der Waals surface area contributed by atoms with Gasteiger partial charge >= 0.3 is 0 Å². The summed E-state index contributed by atoms with van der Waals surface area (Å²) in [6.07, 6.45) is 5.77. The van der Waals surface area contributed by atoms with Crippen LogP contribution in [0.1, 0.15) is 43.0 Å². The number of nitrogens with zero attached hydrogens (tertiary/aromatic N) is 1. The molecule has 0 heterocycles. The van der Waals surface area contributed by atoms with Crippen LogP contribution < -0.4 is 5.32 Å². The number of nitrogens with one attached hydrogen (secondary N) is 1. The SMILES string of the molecule is CCC1CC(N(C)C)CCC1Nc1ccccc1C=O. The fraction of sp³-hybridized carbons (Fsp3) is 0.588. The molecule has 1 aliphatic carbocycles. The first kappa shape index (κ1) is 15.0. The second-order valence-corrected chi connectivity index (χ2v) is 6.05. The molecule has 0 amide bonds. The lowest BCUT2D eigenvalue weighted by molar-refractivity contribution is 0.112. The molecule has 0 radical (unpaired) electrons. The Morgan fingerprint density at radius 1 is 1.30 bits per heavy atom. The van der Waals surface area contributed by atoms with Crippen molar-refractivity contribution in [3.8, 4) is 0 Å². The molecule has 0 saturated heterocycles. The summed E-state index contributed by atoms with van der Waals surface area (Å²) in [5.74, 6) is 0.677. The van der Waals surface area contributed by atoms with Crippen molar-refractivity contribution < 1.29 is 4.79 Å². The van der Waals surface area contributed by atoms with Gasteiger partial charge in [0.2, 0.25) is 0 Å². The van der Waals surface area contributed by atoms with E-state index in [1.54, 1.807) is 0 Å². The smallest absolute Gasteiger partial charge is 0.152 e. The number of rotatable bonds is 5. The number of hydrogen-bond donors (Lipinski definition) is 1. The minimum Gasteiger partial charge on any atom is -0.381 e. The van der Waals surface area contributed by atoms with E-state index in [1.807, 2.05) is 24.3 Å². The van der Waals surface area contributed by atoms with Crippen molar-refractivity contribution >= 4 is 12.0 Å². The van der Waals surface area contributed by atoms with Crippen molar-refractivity contribution in [1.82, 2.24) is 4.90 Å². The molecule has 3 unspecified atom stereocenters. The van der Waals surface area contributed by atoms with Crippen molar-refractivity contribution in [1.29, 1.82) is 0 Å². The Labute approximate surface area is 122 Å². The van der Waals surface area contributed by atoms with Crippen LogP contribution in [0.15, 0.2) is 24.3 Å². The van der Waals surface area contributed by atoms with E-state index >= 15 is 0 Å². The predicted molar refractivity (Wildman–Crippen MR) is 84.3 cm³/mol. The van der Waals surface area contributed by atoms with Crippen molar-refractivity contribution in [3.63, 3.8) is 0 Å². The maximum Gasteiger partial charge on any atom is 0.152 e. The van der Waals surface area contributed by atoms with Crippen molar-refractivity contribution in [2.45, 2.75) is 44.7 Å². The topological polar surface area (TPSA) is 32.3 Å². The second-order valence-electron chi connectivity index (χ2n) is 6.05. The van der Waals surface area contributed by atoms with E-state index in [0.717, 1.165) is 17.5 Å². The molecule has 0 spiro atoms. The number of aldehydes is 1. The summed E-state index contributed by atoms with van der Waals surface area (Å²) in [5, 5.41) is 3.61. The lowest BCUT2D eigenvalue weighted by atomic mass is 9.79. The fourth-order valence-corrected chi connectivity index (χ4v) is 3.28. The van der Waals surface area contributed by atoms with Gasteiger partial charge in [0.05, 0.1) is 0 Å². The molecule has 1 N–H and O–H groups in total. The highest BCUT2D eigenvalue weighted by molar-refractivity contribution is 5.84. The summed E-state index contributed by atoms with van der Waals surface area (Å²) >= 11 is 0. The molecule has 0 aromatic heterocycles. The number of hydrogen-bond acceptors (Lipinski definition) is 3. The fourth-order valence-electron chi connectivity index (χ4n) is 3.28. The van der Waals surface area contributed by atoms with Gasteiger partial charge in [0.15, 0.2) is 6.29 Å². The Kier molecular flexibility index (Phi) is 5.18. The zero-order valence-electron chi connectivity index (χ0n) is 12.8. The quantitative estimate of drug-likeness (QED) is 0.835. The molecule has 3 atom stereocenters. The van der Waals surface area contributed by atoms with Gasteiger partial charge in [-0.15, -0.1) is 0 Å². The van der Waals surface area contributed by atoms with Gasteiger partial charge in [-0.25, -0.2) is 0 Å². The highest BCUT2D eigenvalue weighted by atomic mass is 16.1. The summed E-state index contributed by atoms with van der Waals surface area (Å²) in [7, 11) is 4.35. The van der Waals surface area contributed by atoms with E-state index < -0.39 is 0 Å². The third-order valence-corrected chi connectivity index (χ3v) is 4.64. The van der Waals surface area contributed by atoms with Crippen LogP contribution >= 0.6 is 0 Å². The monoisotopic (exact) mass is 274 g/mol. The number of anilines is 1. The molecule has 0 bridgehead atoms. The largest absolute Gasteiger partial charge is 0.381 e. The summed E-state index contributed by atoms with van der Waals surface area (Å²) < 4.78 is 0. The molecule has 3 heteroatoms. The average Bonchev–Trinajstić information content (AvgIpc) is 2.48. The van der Waals surface area contributed by atoms with Gasteiger partial charge < -0.3 is 10.2 Å². The van der Waals surface area contributed by atoms with Crippen molar-refractivity contribution in [3.05, 3.63) is 29.8 Å². The number of carbonyl (C=O) groups excluding carboxylic acids is 1. The van der Waals surface area contributed by atoms with Crippen molar-refractivity contribution in [2.75, 3.05) is 19.4 Å². The van der Waals surface area contributed by atoms with Gasteiger partial charge in [-0.05, 0) is 51.4 Å². The van der Waals surface area contributed by atoms with Crippen molar-refractivity contribution in [2.24, 2.45) is 5.92 Å². The molecule has 3 nitrogen and oxygen atoms in total. The van der Waals surface area contributed by atoms with Gasteiger partial charge in [0.25, 0.3) is 0 Å². The van der Waals surface area contributed by atoms with Crippen LogP contribution in [-0.2, 0) is 0 Å². The Morgan fingerprint density at radius 3 is 2.70 bits per heavy atom. The van der Waals surface area contributed by atoms with Gasteiger partial charge in [-0.2, -0.15) is 0 Å². The Balaban J connectivity index is 2.07. The van der Waals surface area contributed by atoms with Gasteiger partial charge in [0.1, 0.15) is 0 Å². The van der Waals surface area contributed by atoms with Crippen LogP contribution in [0.3, 0.4) is 0 Å². The van der Waals surface area contributed by atoms with E-state index in [1.165, 1.54) is 25.7 Å². The molecule has 1 fully saturated rings. The van der Waals surface area contributed by atoms with Crippen LogP contribution in [0.2, 0.25) is 0 Å². The lowest BCUT2D eigenvalue weighted by Gasteiger charge is -2.39. The van der Waals surface area contributed by atoms with E-state index in [-0.39, 0.29) is 0 Å². The minimum atomic E-state index is 0.484. The first-order chi connectivity index (χ1) is 9.65. The summed E-state index contributed by atoms with van der Waals surface area (Å²) in [5.41, 5.74) is 1.74. The molecule has 1 aromatic rings. The summed E-state index contributed by atoms with van der Waals surface area (Å²) in [6.45, 7) is 2.27. The van der Waals surface area contributed by atoms with E-state index in [4.69, 9.17) is 0 Å². The van der Waals surface area contributed by atoms with Crippen LogP contribution in [0, 0.1) is 5.92 Å². The first-order valence-corrected chi connectivity index (χ1v) is 7.62. The number of para-hydroxylation sites is 1. The molecule has 110 valence electrons. The molecule has 0 aliphatic heterocycles. The lowest BCUT2D eigenvalue weighted by Crippen LogP contribution is -2.42. The Bertz CT molecular complexity index is 444. The Morgan fingerprint density at radius 2 is 2.05 bits per heavy atom. The number of carbonyl (C=O) groups is 1. The molecule has 1 saturated carbocycles. The molecule has 2 rings (SSSR count). The van der Waals surface area contributed by atoms with E-state index in [0.29, 0.717) is 18.0 Å². The normalized spacial score (nSPS) is 26.5. The van der Waals surface area contributed by atoms with E-state index in [9.17, 15) is 4.79 Å². The zero-order valence-corrected chi connectivity index (χ0v) is 12.8. The standard InChI is InChI=1S/C17H26N2O/c1-4-13-11-15(19(2)3)9-10-17(13)18-16-8-6-5-7-14(16)12-20/h5-8,12-13,15,17-18H,4,9-11H2,1-3H3. The molecule has 1 aliphatic rings. The van der Waals surface area contributed by atoms with Crippen LogP contribution in [0.5, 0.6) is 0 Å². The average molecular weight is 274 g/mol. The van der Waals surface area contributed by atoms with Gasteiger partial charge in [-0.3, -0.25) is 4.79 Å². The molecular weight excluding hydrogens is 248 g/mol. The highest BCUT2D eigenvalue weighted by Gasteiger charge is 2.30. The maximum atomic E-state index is 11.1. The van der Waals surface area contributed by atoms with Gasteiger partial charge in [0, 0.05) is 23.3 Å². The van der Waals surface area contributed by atoms with Gasteiger partial charge in [-0.1, -0.05) is 25.5 Å². The van der Waals surface area contributed by atoms with Crippen LogP contribution in [-0.4, -0.2) is 37.4 Å². The third-order valence-electron chi connectivity index (χ3n) is 4.64. The molecule has 20 heavy (non-hydrogen) atoms. The third kappa shape index (κ3) is 3.40. The zero-order chi connectivity index (χ0) is 14.5. The summed E-state index contributed by atoms with van der Waals surface area (Å²) in [6, 6.07) is 8.96. The predicted octanol–water partition coefficient (Wildman–Crippen LogP) is 3.42. The summed E-state index contributed by atoms with van der Waals surface area (Å²) in [4.78, 5) is 13.5. The Hall–Kier alpha value is -1.35. The second kappa shape index (κ2) is 6.89. The minimum absolute atomic E-state index is 0.484. The van der Waals surface area contributed by atoms with E-state index in [2.05, 4.69) is 31.2 Å². The highest BCUT2D eigenvalue weighted by Crippen LogP contribution is 2.32. The van der Waals surface area contributed by atoms with Crippen LogP contribution in [0.25, 0.3) is 0 Å². The van der Waals surface area contributed by atoms with Crippen LogP contribution in [0.4, 0.5) is 5.69 Å². The molecule has 1 aromatic carbocycles. The molecular formula is C17H26N2O. The first-order valence-electron chi connectivity index (χ1n) is 7.62.